The first-order valence-corrected chi connectivity index (χ1v) is 11.2. The third-order valence-corrected chi connectivity index (χ3v) is 7.15. The Labute approximate surface area is 184 Å². The lowest BCUT2D eigenvalue weighted by molar-refractivity contribution is 1.23. The van der Waals surface area contributed by atoms with E-state index in [1.54, 1.807) is 6.33 Å². The normalized spacial score (nSPS) is 11.5. The van der Waals surface area contributed by atoms with Crippen molar-refractivity contribution in [1.29, 1.82) is 0 Å². The molecule has 2 heterocycles. The standard InChI is InChI=1S/C28H20N2S/c1-17-13-22-26-18(2)7-6-10-25(26)31-28(22)23(14-17)27-21-12-11-20(15-24(21)29-16-30-27)19-8-4-3-5-9-19/h3-16H,1-2H3. The van der Waals surface area contributed by atoms with E-state index in [2.05, 4.69) is 91.6 Å². The van der Waals surface area contributed by atoms with Crippen molar-refractivity contribution >= 4 is 42.4 Å². The summed E-state index contributed by atoms with van der Waals surface area (Å²) >= 11 is 1.85. The molecule has 2 nitrogen and oxygen atoms in total. The molecule has 0 atom stereocenters. The molecular weight excluding hydrogens is 396 g/mol. The van der Waals surface area contributed by atoms with Crippen LogP contribution in [0.4, 0.5) is 0 Å². The molecule has 6 rings (SSSR count). The van der Waals surface area contributed by atoms with Gasteiger partial charge in [-0.3, -0.25) is 0 Å². The fraction of sp³-hybridized carbons (Fsp3) is 0.0714. The van der Waals surface area contributed by atoms with Gasteiger partial charge in [0.2, 0.25) is 0 Å². The summed E-state index contributed by atoms with van der Waals surface area (Å²) in [5.41, 5.74) is 8.10. The minimum Gasteiger partial charge on any atom is -0.236 e. The average Bonchev–Trinajstić information content (AvgIpc) is 3.18. The van der Waals surface area contributed by atoms with E-state index < -0.39 is 0 Å². The molecule has 0 aliphatic heterocycles. The van der Waals surface area contributed by atoms with Crippen LogP contribution in [0.1, 0.15) is 11.1 Å². The topological polar surface area (TPSA) is 25.8 Å². The predicted molar refractivity (Wildman–Crippen MR) is 133 cm³/mol. The van der Waals surface area contributed by atoms with Crippen molar-refractivity contribution in [3.05, 3.63) is 96.3 Å². The molecular formula is C28H20N2S. The van der Waals surface area contributed by atoms with Gasteiger partial charge >= 0.3 is 0 Å². The summed E-state index contributed by atoms with van der Waals surface area (Å²) in [6, 6.07) is 28.1. The molecule has 0 bridgehead atoms. The van der Waals surface area contributed by atoms with Crippen LogP contribution in [0.5, 0.6) is 0 Å². The first-order valence-electron chi connectivity index (χ1n) is 10.4. The smallest absolute Gasteiger partial charge is 0.116 e. The van der Waals surface area contributed by atoms with Crippen LogP contribution < -0.4 is 0 Å². The molecule has 31 heavy (non-hydrogen) atoms. The molecule has 0 aliphatic carbocycles. The van der Waals surface area contributed by atoms with E-state index in [1.807, 2.05) is 17.4 Å². The number of nitrogens with zero attached hydrogens (tertiary/aromatic N) is 2. The minimum absolute atomic E-state index is 0.971. The van der Waals surface area contributed by atoms with Crippen molar-refractivity contribution in [2.45, 2.75) is 13.8 Å². The van der Waals surface area contributed by atoms with Crippen LogP contribution >= 0.6 is 11.3 Å². The van der Waals surface area contributed by atoms with Crippen LogP contribution in [0.2, 0.25) is 0 Å². The number of thiophene rings is 1. The highest BCUT2D eigenvalue weighted by atomic mass is 32.1. The van der Waals surface area contributed by atoms with Crippen molar-refractivity contribution in [2.75, 3.05) is 0 Å². The van der Waals surface area contributed by atoms with Gasteiger partial charge in [0, 0.05) is 31.1 Å². The molecule has 0 fully saturated rings. The first-order chi connectivity index (χ1) is 15.2. The maximum Gasteiger partial charge on any atom is 0.116 e. The molecule has 6 aromatic rings. The summed E-state index contributed by atoms with van der Waals surface area (Å²) < 4.78 is 2.62. The van der Waals surface area contributed by atoms with Gasteiger partial charge in [0.1, 0.15) is 6.33 Å². The molecule has 0 saturated carbocycles. The van der Waals surface area contributed by atoms with Crippen molar-refractivity contribution in [2.24, 2.45) is 0 Å². The van der Waals surface area contributed by atoms with Gasteiger partial charge in [-0.1, -0.05) is 48.5 Å². The maximum absolute atomic E-state index is 4.76. The van der Waals surface area contributed by atoms with E-state index in [4.69, 9.17) is 4.98 Å². The average molecular weight is 417 g/mol. The molecule has 3 heteroatoms. The third-order valence-electron chi connectivity index (χ3n) is 5.95. The zero-order chi connectivity index (χ0) is 20.9. The second-order valence-corrected chi connectivity index (χ2v) is 9.11. The second-order valence-electron chi connectivity index (χ2n) is 8.06. The van der Waals surface area contributed by atoms with Crippen LogP contribution in [0.15, 0.2) is 85.2 Å². The molecule has 0 spiro atoms. The van der Waals surface area contributed by atoms with Crippen LogP contribution in [-0.4, -0.2) is 9.97 Å². The lowest BCUT2D eigenvalue weighted by atomic mass is 9.98. The van der Waals surface area contributed by atoms with Gasteiger partial charge in [0.15, 0.2) is 0 Å². The molecule has 0 radical (unpaired) electrons. The number of hydrogen-bond donors (Lipinski definition) is 0. The van der Waals surface area contributed by atoms with E-state index >= 15 is 0 Å². The Bertz CT molecular complexity index is 1600. The maximum atomic E-state index is 4.76. The summed E-state index contributed by atoms with van der Waals surface area (Å²) in [7, 11) is 0. The minimum atomic E-state index is 0.971. The Kier molecular flexibility index (Phi) is 4.12. The van der Waals surface area contributed by atoms with E-state index in [0.717, 1.165) is 16.6 Å². The highest BCUT2D eigenvalue weighted by molar-refractivity contribution is 7.26. The molecule has 0 saturated heterocycles. The Morgan fingerprint density at radius 2 is 1.58 bits per heavy atom. The van der Waals surface area contributed by atoms with Crippen LogP contribution in [0.3, 0.4) is 0 Å². The Morgan fingerprint density at radius 1 is 0.710 bits per heavy atom. The predicted octanol–water partition coefficient (Wildman–Crippen LogP) is 7.95. The number of fused-ring (bicyclic) bond motifs is 4. The zero-order valence-corrected chi connectivity index (χ0v) is 18.2. The van der Waals surface area contributed by atoms with Crippen molar-refractivity contribution < 1.29 is 0 Å². The second kappa shape index (κ2) is 7.00. The van der Waals surface area contributed by atoms with Crippen LogP contribution in [0.25, 0.3) is 53.5 Å². The van der Waals surface area contributed by atoms with Gasteiger partial charge < -0.3 is 0 Å². The largest absolute Gasteiger partial charge is 0.236 e. The SMILES string of the molecule is Cc1cc(-c2ncnc3cc(-c4ccccc4)ccc23)c2sc3cccc(C)c3c2c1. The van der Waals surface area contributed by atoms with E-state index in [9.17, 15) is 0 Å². The summed E-state index contributed by atoms with van der Waals surface area (Å²) in [5, 5.41) is 3.77. The number of aryl methyl sites for hydroxylation is 2. The lowest BCUT2D eigenvalue weighted by Crippen LogP contribution is -1.91. The highest BCUT2D eigenvalue weighted by Crippen LogP contribution is 2.42. The lowest BCUT2D eigenvalue weighted by Gasteiger charge is -2.10. The molecule has 148 valence electrons. The fourth-order valence-corrected chi connectivity index (χ4v) is 5.78. The molecule has 0 unspecified atom stereocenters. The number of hydrogen-bond acceptors (Lipinski definition) is 3. The van der Waals surface area contributed by atoms with E-state index in [0.29, 0.717) is 0 Å². The van der Waals surface area contributed by atoms with Crippen molar-refractivity contribution in [3.8, 4) is 22.4 Å². The molecule has 0 aliphatic rings. The summed E-state index contributed by atoms with van der Waals surface area (Å²) in [4.78, 5) is 9.36. The van der Waals surface area contributed by atoms with Gasteiger partial charge in [0.25, 0.3) is 0 Å². The monoisotopic (exact) mass is 416 g/mol. The van der Waals surface area contributed by atoms with Gasteiger partial charge in [-0.25, -0.2) is 9.97 Å². The molecule has 0 N–H and O–H groups in total. The van der Waals surface area contributed by atoms with E-state index in [1.165, 1.54) is 48.0 Å². The Morgan fingerprint density at radius 3 is 2.45 bits per heavy atom. The van der Waals surface area contributed by atoms with E-state index in [-0.39, 0.29) is 0 Å². The van der Waals surface area contributed by atoms with Gasteiger partial charge in [-0.15, -0.1) is 11.3 Å². The van der Waals surface area contributed by atoms with Gasteiger partial charge in [-0.2, -0.15) is 0 Å². The number of aromatic nitrogens is 2. The van der Waals surface area contributed by atoms with Gasteiger partial charge in [-0.05, 0) is 66.4 Å². The Hall–Kier alpha value is -3.56. The quantitative estimate of drug-likeness (QED) is 0.286. The van der Waals surface area contributed by atoms with Crippen LogP contribution in [0, 0.1) is 13.8 Å². The third kappa shape index (κ3) is 2.93. The summed E-state index contributed by atoms with van der Waals surface area (Å²) in [6.45, 7) is 4.36. The van der Waals surface area contributed by atoms with Crippen molar-refractivity contribution in [3.63, 3.8) is 0 Å². The summed E-state index contributed by atoms with van der Waals surface area (Å²) in [5.74, 6) is 0. The molecule has 0 amide bonds. The number of rotatable bonds is 2. The van der Waals surface area contributed by atoms with Gasteiger partial charge in [0.05, 0.1) is 11.2 Å². The first kappa shape index (κ1) is 18.2. The van der Waals surface area contributed by atoms with Crippen LogP contribution in [-0.2, 0) is 0 Å². The molecule has 4 aromatic carbocycles. The molecule has 2 aromatic heterocycles. The van der Waals surface area contributed by atoms with Crippen molar-refractivity contribution in [1.82, 2.24) is 9.97 Å². The highest BCUT2D eigenvalue weighted by Gasteiger charge is 2.16. The fourth-order valence-electron chi connectivity index (χ4n) is 4.51. The Balaban J connectivity index is 1.63. The summed E-state index contributed by atoms with van der Waals surface area (Å²) in [6.07, 6.45) is 1.69. The number of benzene rings is 4. The zero-order valence-electron chi connectivity index (χ0n) is 17.4.